The molecule has 0 aliphatic carbocycles. The van der Waals surface area contributed by atoms with Gasteiger partial charge in [0, 0.05) is 17.4 Å². The summed E-state index contributed by atoms with van der Waals surface area (Å²) in [5, 5.41) is 5.75. The SMILES string of the molecule is CCOc1ccc2ccccc2c1C(=O)Nc1cccc(-c2nc3cccnc3s2)c1. The lowest BCUT2D eigenvalue weighted by atomic mass is 10.0. The highest BCUT2D eigenvalue weighted by Crippen LogP contribution is 2.32. The van der Waals surface area contributed by atoms with Gasteiger partial charge in [0.05, 0.1) is 12.2 Å². The average Bonchev–Trinajstić information content (AvgIpc) is 3.24. The van der Waals surface area contributed by atoms with Crippen molar-refractivity contribution < 1.29 is 9.53 Å². The number of anilines is 1. The smallest absolute Gasteiger partial charge is 0.260 e. The van der Waals surface area contributed by atoms with E-state index in [1.807, 2.05) is 79.7 Å². The maximum Gasteiger partial charge on any atom is 0.260 e. The molecule has 5 rings (SSSR count). The van der Waals surface area contributed by atoms with E-state index >= 15 is 0 Å². The molecule has 1 amide bonds. The van der Waals surface area contributed by atoms with Crippen molar-refractivity contribution in [1.29, 1.82) is 0 Å². The number of rotatable bonds is 5. The Morgan fingerprint density at radius 2 is 1.94 bits per heavy atom. The summed E-state index contributed by atoms with van der Waals surface area (Å²) in [6.45, 7) is 2.40. The fourth-order valence-corrected chi connectivity index (χ4v) is 4.48. The summed E-state index contributed by atoms with van der Waals surface area (Å²) in [6.07, 6.45) is 1.76. The van der Waals surface area contributed by atoms with Crippen LogP contribution in [0, 0.1) is 0 Å². The van der Waals surface area contributed by atoms with Crippen LogP contribution in [0.2, 0.25) is 0 Å². The summed E-state index contributed by atoms with van der Waals surface area (Å²) in [6, 6.07) is 23.2. The van der Waals surface area contributed by atoms with Crippen LogP contribution in [0.5, 0.6) is 5.75 Å². The van der Waals surface area contributed by atoms with Crippen molar-refractivity contribution in [2.24, 2.45) is 0 Å². The van der Waals surface area contributed by atoms with E-state index in [0.717, 1.165) is 31.7 Å². The predicted molar refractivity (Wildman–Crippen MR) is 126 cm³/mol. The molecule has 1 N–H and O–H groups in total. The lowest BCUT2D eigenvalue weighted by Gasteiger charge is -2.14. The third-order valence-electron chi connectivity index (χ3n) is 4.95. The number of pyridine rings is 1. The van der Waals surface area contributed by atoms with Gasteiger partial charge in [-0.1, -0.05) is 53.8 Å². The highest BCUT2D eigenvalue weighted by atomic mass is 32.1. The number of fused-ring (bicyclic) bond motifs is 2. The number of thiazole rings is 1. The van der Waals surface area contributed by atoms with Crippen molar-refractivity contribution in [2.45, 2.75) is 6.92 Å². The monoisotopic (exact) mass is 425 g/mol. The quantitative estimate of drug-likeness (QED) is 0.366. The molecule has 2 aromatic heterocycles. The minimum absolute atomic E-state index is 0.205. The van der Waals surface area contributed by atoms with Crippen molar-refractivity contribution >= 4 is 44.1 Å². The third-order valence-corrected chi connectivity index (χ3v) is 5.98. The average molecular weight is 426 g/mol. The van der Waals surface area contributed by atoms with E-state index in [-0.39, 0.29) is 5.91 Å². The molecule has 6 heteroatoms. The predicted octanol–water partition coefficient (Wildman–Crippen LogP) is 6.16. The molecule has 0 spiro atoms. The first-order chi connectivity index (χ1) is 15.2. The zero-order valence-electron chi connectivity index (χ0n) is 16.8. The fourth-order valence-electron chi connectivity index (χ4n) is 3.58. The maximum absolute atomic E-state index is 13.3. The number of amides is 1. The maximum atomic E-state index is 13.3. The molecule has 0 saturated carbocycles. The number of ether oxygens (including phenoxy) is 1. The molecule has 0 radical (unpaired) electrons. The lowest BCUT2D eigenvalue weighted by Crippen LogP contribution is -2.14. The molecular formula is C25H19N3O2S. The highest BCUT2D eigenvalue weighted by Gasteiger charge is 2.17. The molecule has 5 nitrogen and oxygen atoms in total. The zero-order chi connectivity index (χ0) is 21.2. The number of benzene rings is 3. The lowest BCUT2D eigenvalue weighted by molar-refractivity contribution is 0.102. The number of aromatic nitrogens is 2. The third kappa shape index (κ3) is 3.73. The zero-order valence-corrected chi connectivity index (χ0v) is 17.6. The van der Waals surface area contributed by atoms with Gasteiger partial charge in [-0.3, -0.25) is 4.79 Å². The summed E-state index contributed by atoms with van der Waals surface area (Å²) in [5.41, 5.74) is 3.04. The van der Waals surface area contributed by atoms with Gasteiger partial charge in [0.15, 0.2) is 0 Å². The van der Waals surface area contributed by atoms with Gasteiger partial charge in [-0.05, 0) is 48.0 Å². The first-order valence-corrected chi connectivity index (χ1v) is 10.8. The number of carbonyl (C=O) groups excluding carboxylic acids is 1. The molecular weight excluding hydrogens is 406 g/mol. The first kappa shape index (κ1) is 19.2. The van der Waals surface area contributed by atoms with Crippen molar-refractivity contribution in [3.8, 4) is 16.3 Å². The summed E-state index contributed by atoms with van der Waals surface area (Å²) in [5.74, 6) is 0.371. The second-order valence-corrected chi connectivity index (χ2v) is 7.95. The molecule has 0 fully saturated rings. The van der Waals surface area contributed by atoms with Crippen LogP contribution in [0.3, 0.4) is 0 Å². The molecule has 0 aliphatic rings. The highest BCUT2D eigenvalue weighted by molar-refractivity contribution is 7.21. The van der Waals surface area contributed by atoms with E-state index in [0.29, 0.717) is 23.6 Å². The van der Waals surface area contributed by atoms with Gasteiger partial charge < -0.3 is 10.1 Å². The molecule has 31 heavy (non-hydrogen) atoms. The van der Waals surface area contributed by atoms with Crippen LogP contribution >= 0.6 is 11.3 Å². The van der Waals surface area contributed by atoms with E-state index in [1.165, 1.54) is 11.3 Å². The van der Waals surface area contributed by atoms with E-state index in [1.54, 1.807) is 6.20 Å². The van der Waals surface area contributed by atoms with E-state index in [9.17, 15) is 4.79 Å². The van der Waals surface area contributed by atoms with Gasteiger partial charge in [-0.25, -0.2) is 9.97 Å². The fraction of sp³-hybridized carbons (Fsp3) is 0.0800. The Hall–Kier alpha value is -3.77. The Morgan fingerprint density at radius 1 is 1.03 bits per heavy atom. The van der Waals surface area contributed by atoms with E-state index in [2.05, 4.69) is 15.3 Å². The van der Waals surface area contributed by atoms with Gasteiger partial charge in [0.2, 0.25) is 0 Å². The summed E-state index contributed by atoms with van der Waals surface area (Å²) in [7, 11) is 0. The first-order valence-electron chi connectivity index (χ1n) is 10.0. The van der Waals surface area contributed by atoms with Gasteiger partial charge in [-0.15, -0.1) is 0 Å². The van der Waals surface area contributed by atoms with E-state index < -0.39 is 0 Å². The summed E-state index contributed by atoms with van der Waals surface area (Å²) >= 11 is 1.53. The number of hydrogen-bond donors (Lipinski definition) is 1. The Kier molecular flexibility index (Phi) is 5.06. The number of nitrogens with one attached hydrogen (secondary N) is 1. The van der Waals surface area contributed by atoms with Crippen molar-refractivity contribution in [1.82, 2.24) is 9.97 Å². The van der Waals surface area contributed by atoms with Crippen molar-refractivity contribution in [3.63, 3.8) is 0 Å². The van der Waals surface area contributed by atoms with E-state index in [4.69, 9.17) is 4.74 Å². The van der Waals surface area contributed by atoms with Gasteiger partial charge in [0.25, 0.3) is 5.91 Å². The minimum Gasteiger partial charge on any atom is -0.493 e. The normalized spacial score (nSPS) is 11.0. The number of carbonyl (C=O) groups is 1. The second kappa shape index (κ2) is 8.16. The van der Waals surface area contributed by atoms with Crippen LogP contribution < -0.4 is 10.1 Å². The molecule has 0 atom stereocenters. The van der Waals surface area contributed by atoms with Crippen LogP contribution in [0.4, 0.5) is 5.69 Å². The number of hydrogen-bond acceptors (Lipinski definition) is 5. The van der Waals surface area contributed by atoms with Crippen molar-refractivity contribution in [2.75, 3.05) is 11.9 Å². The van der Waals surface area contributed by atoms with Crippen LogP contribution in [0.1, 0.15) is 17.3 Å². The van der Waals surface area contributed by atoms with Crippen LogP contribution in [0.25, 0.3) is 31.7 Å². The molecule has 152 valence electrons. The topological polar surface area (TPSA) is 64.1 Å². The molecule has 5 aromatic rings. The van der Waals surface area contributed by atoms with Gasteiger partial charge in [-0.2, -0.15) is 0 Å². The summed E-state index contributed by atoms with van der Waals surface area (Å²) in [4.78, 5) is 23.2. The van der Waals surface area contributed by atoms with Gasteiger partial charge >= 0.3 is 0 Å². The van der Waals surface area contributed by atoms with Crippen molar-refractivity contribution in [3.05, 3.63) is 84.6 Å². The second-order valence-electron chi connectivity index (χ2n) is 6.97. The Morgan fingerprint density at radius 3 is 2.81 bits per heavy atom. The minimum atomic E-state index is -0.205. The largest absolute Gasteiger partial charge is 0.493 e. The molecule has 3 aromatic carbocycles. The van der Waals surface area contributed by atoms with Crippen LogP contribution in [-0.2, 0) is 0 Å². The molecule has 0 unspecified atom stereocenters. The molecule has 2 heterocycles. The molecule has 0 bridgehead atoms. The standard InChI is InChI=1S/C25H19N3O2S/c1-2-30-21-13-12-16-7-3-4-10-19(16)22(21)23(29)27-18-9-5-8-17(15-18)24-28-20-11-6-14-26-25(20)31-24/h3-15H,2H2,1H3,(H,27,29). The van der Waals surface area contributed by atoms with Crippen LogP contribution in [-0.4, -0.2) is 22.5 Å². The van der Waals surface area contributed by atoms with Gasteiger partial charge in [0.1, 0.15) is 21.1 Å². The molecule has 0 saturated heterocycles. The number of nitrogens with zero attached hydrogens (tertiary/aromatic N) is 2. The van der Waals surface area contributed by atoms with Crippen LogP contribution in [0.15, 0.2) is 79.0 Å². The summed E-state index contributed by atoms with van der Waals surface area (Å²) < 4.78 is 5.75. The Balaban J connectivity index is 1.50. The Bertz CT molecular complexity index is 1380. The molecule has 0 aliphatic heterocycles. The Labute approximate surface area is 183 Å².